The van der Waals surface area contributed by atoms with Gasteiger partial charge in [0, 0.05) is 16.9 Å². The Kier molecular flexibility index (Phi) is 6.31. The quantitative estimate of drug-likeness (QED) is 0.361. The number of aromatic hydroxyl groups is 1. The highest BCUT2D eigenvalue weighted by atomic mass is 35.5. The van der Waals surface area contributed by atoms with Crippen molar-refractivity contribution >= 4 is 57.2 Å². The molecule has 0 bridgehead atoms. The number of aromatic nitrogens is 3. The van der Waals surface area contributed by atoms with E-state index in [0.29, 0.717) is 26.8 Å². The summed E-state index contributed by atoms with van der Waals surface area (Å²) in [7, 11) is 0. The molecule has 4 rings (SSSR count). The first kappa shape index (κ1) is 21.7. The van der Waals surface area contributed by atoms with E-state index in [4.69, 9.17) is 23.2 Å². The third-order valence-corrected chi connectivity index (χ3v) is 5.57. The van der Waals surface area contributed by atoms with E-state index >= 15 is 0 Å². The molecule has 0 aliphatic rings. The predicted molar refractivity (Wildman–Crippen MR) is 124 cm³/mol. The van der Waals surface area contributed by atoms with Gasteiger partial charge in [0.25, 0.3) is 11.8 Å². The fraction of sp³-hybridized carbons (Fsp3) is 0. The number of para-hydroxylation sites is 1. The number of nitrogens with one attached hydrogen (secondary N) is 2. The average Bonchev–Trinajstić information content (AvgIpc) is 3.25. The van der Waals surface area contributed by atoms with E-state index in [9.17, 15) is 14.7 Å². The molecule has 4 aromatic rings. The monoisotopic (exact) mass is 485 g/mol. The Morgan fingerprint density at radius 3 is 2.44 bits per heavy atom. The van der Waals surface area contributed by atoms with Crippen LogP contribution in [0.5, 0.6) is 5.75 Å². The highest BCUT2D eigenvalue weighted by Crippen LogP contribution is 2.39. The van der Waals surface area contributed by atoms with E-state index in [0.717, 1.165) is 11.3 Å². The summed E-state index contributed by atoms with van der Waals surface area (Å²) >= 11 is 12.9. The topological polar surface area (TPSA) is 117 Å². The normalized spacial score (nSPS) is 10.6. The summed E-state index contributed by atoms with van der Waals surface area (Å²) in [5.41, 5.74) is 1.34. The van der Waals surface area contributed by atoms with Crippen LogP contribution in [0.2, 0.25) is 10.0 Å². The van der Waals surface area contributed by atoms with Crippen molar-refractivity contribution < 1.29 is 14.7 Å². The molecule has 0 saturated carbocycles. The van der Waals surface area contributed by atoms with Crippen molar-refractivity contribution in [3.63, 3.8) is 0 Å². The van der Waals surface area contributed by atoms with Crippen LogP contribution in [0.1, 0.15) is 20.8 Å². The molecule has 2 aromatic carbocycles. The molecule has 0 atom stereocenters. The summed E-state index contributed by atoms with van der Waals surface area (Å²) in [6, 6.07) is 14.8. The molecule has 2 aromatic heterocycles. The molecule has 2 amide bonds. The molecule has 0 saturated heterocycles. The Morgan fingerprint density at radius 1 is 0.938 bits per heavy atom. The lowest BCUT2D eigenvalue weighted by Crippen LogP contribution is -2.16. The first-order valence-electron chi connectivity index (χ1n) is 9.06. The van der Waals surface area contributed by atoms with Crippen molar-refractivity contribution in [3.8, 4) is 16.3 Å². The van der Waals surface area contributed by atoms with Crippen molar-refractivity contribution in [2.24, 2.45) is 0 Å². The number of benzene rings is 2. The van der Waals surface area contributed by atoms with Crippen LogP contribution in [0.4, 0.5) is 10.8 Å². The van der Waals surface area contributed by atoms with E-state index in [1.54, 1.807) is 12.1 Å². The van der Waals surface area contributed by atoms with Gasteiger partial charge in [0.05, 0.1) is 16.1 Å². The van der Waals surface area contributed by atoms with E-state index in [1.165, 1.54) is 30.5 Å². The van der Waals surface area contributed by atoms with Gasteiger partial charge in [-0.15, -0.1) is 10.2 Å². The van der Waals surface area contributed by atoms with Crippen LogP contribution in [0.15, 0.2) is 60.8 Å². The van der Waals surface area contributed by atoms with Gasteiger partial charge in [-0.2, -0.15) is 0 Å². The maximum atomic E-state index is 12.5. The molecule has 3 N–H and O–H groups in total. The van der Waals surface area contributed by atoms with Gasteiger partial charge in [0.2, 0.25) is 5.13 Å². The summed E-state index contributed by atoms with van der Waals surface area (Å²) in [5, 5.41) is 24.2. The number of pyridine rings is 1. The number of phenols is 1. The van der Waals surface area contributed by atoms with E-state index in [-0.39, 0.29) is 27.5 Å². The second kappa shape index (κ2) is 9.31. The van der Waals surface area contributed by atoms with Gasteiger partial charge in [-0.1, -0.05) is 52.7 Å². The minimum Gasteiger partial charge on any atom is -0.506 e. The van der Waals surface area contributed by atoms with Gasteiger partial charge in [0.15, 0.2) is 5.01 Å². The van der Waals surface area contributed by atoms with Gasteiger partial charge < -0.3 is 10.4 Å². The van der Waals surface area contributed by atoms with Crippen molar-refractivity contribution in [1.29, 1.82) is 0 Å². The van der Waals surface area contributed by atoms with Gasteiger partial charge in [-0.05, 0) is 36.4 Å². The lowest BCUT2D eigenvalue weighted by atomic mass is 10.2. The summed E-state index contributed by atoms with van der Waals surface area (Å²) in [5.74, 6) is -1.06. The van der Waals surface area contributed by atoms with Crippen molar-refractivity contribution in [3.05, 3.63) is 82.1 Å². The van der Waals surface area contributed by atoms with Crippen LogP contribution in [0.3, 0.4) is 0 Å². The zero-order chi connectivity index (χ0) is 22.7. The van der Waals surface area contributed by atoms with Crippen LogP contribution in [-0.2, 0) is 0 Å². The van der Waals surface area contributed by atoms with Crippen LogP contribution in [0, 0.1) is 0 Å². The molecular formula is C21H13Cl2N5O3S. The van der Waals surface area contributed by atoms with E-state index in [2.05, 4.69) is 25.8 Å². The molecule has 0 aliphatic carbocycles. The van der Waals surface area contributed by atoms with E-state index in [1.807, 2.05) is 18.2 Å². The van der Waals surface area contributed by atoms with Crippen LogP contribution < -0.4 is 10.6 Å². The van der Waals surface area contributed by atoms with Crippen LogP contribution >= 0.6 is 34.5 Å². The standard InChI is InChI=1S/C21H13Cl2N5O3S/c22-12-8-14(17(29)15(23)9-12)20-27-28-21(32-20)26-19(31)16-7-6-11(10-24-16)18(30)25-13-4-2-1-3-5-13/h1-10,29H,(H,25,30)(H,26,28,31). The maximum absolute atomic E-state index is 12.5. The van der Waals surface area contributed by atoms with E-state index < -0.39 is 5.91 Å². The molecule has 0 unspecified atom stereocenters. The summed E-state index contributed by atoms with van der Waals surface area (Å²) in [4.78, 5) is 28.8. The highest BCUT2D eigenvalue weighted by Gasteiger charge is 2.17. The fourth-order valence-corrected chi connectivity index (χ4v) is 3.91. The minimum atomic E-state index is -0.531. The number of rotatable bonds is 5. The van der Waals surface area contributed by atoms with Gasteiger partial charge in [-0.25, -0.2) is 0 Å². The number of hydrogen-bond donors (Lipinski definition) is 3. The maximum Gasteiger partial charge on any atom is 0.276 e. The Bertz CT molecular complexity index is 1300. The molecule has 11 heteroatoms. The minimum absolute atomic E-state index is 0.0777. The number of halogens is 2. The first-order valence-corrected chi connectivity index (χ1v) is 10.6. The lowest BCUT2D eigenvalue weighted by molar-refractivity contribution is 0.101. The number of nitrogens with zero attached hydrogens (tertiary/aromatic N) is 3. The Hall–Kier alpha value is -3.53. The van der Waals surface area contributed by atoms with Crippen molar-refractivity contribution in [2.45, 2.75) is 0 Å². The largest absolute Gasteiger partial charge is 0.506 e. The number of carbonyl (C=O) groups is 2. The first-order chi connectivity index (χ1) is 15.4. The van der Waals surface area contributed by atoms with Crippen LogP contribution in [-0.4, -0.2) is 32.1 Å². The lowest BCUT2D eigenvalue weighted by Gasteiger charge is -2.05. The summed E-state index contributed by atoms with van der Waals surface area (Å²) in [6.07, 6.45) is 1.31. The molecule has 2 heterocycles. The zero-order valence-corrected chi connectivity index (χ0v) is 18.4. The highest BCUT2D eigenvalue weighted by molar-refractivity contribution is 7.18. The third kappa shape index (κ3) is 4.86. The molecule has 0 fully saturated rings. The molecule has 0 aliphatic heterocycles. The number of carbonyl (C=O) groups excluding carboxylic acids is 2. The SMILES string of the molecule is O=C(Nc1ccccc1)c1ccc(C(=O)Nc2nnc(-c3cc(Cl)cc(Cl)c3O)s2)nc1. The average molecular weight is 486 g/mol. The zero-order valence-electron chi connectivity index (χ0n) is 16.0. The molecule has 0 radical (unpaired) electrons. The molecule has 8 nitrogen and oxygen atoms in total. The number of hydrogen-bond acceptors (Lipinski definition) is 7. The second-order valence-corrected chi connectivity index (χ2v) is 8.22. The molecular weight excluding hydrogens is 473 g/mol. The van der Waals surface area contributed by atoms with Gasteiger partial charge in [0.1, 0.15) is 11.4 Å². The number of phenolic OH excluding ortho intramolecular Hbond substituents is 1. The van der Waals surface area contributed by atoms with Gasteiger partial charge >= 0.3 is 0 Å². The smallest absolute Gasteiger partial charge is 0.276 e. The van der Waals surface area contributed by atoms with Gasteiger partial charge in [-0.3, -0.25) is 19.9 Å². The number of anilines is 2. The molecule has 160 valence electrons. The summed E-state index contributed by atoms with van der Waals surface area (Å²) < 4.78 is 0. The second-order valence-electron chi connectivity index (χ2n) is 6.40. The van der Waals surface area contributed by atoms with Crippen molar-refractivity contribution in [1.82, 2.24) is 15.2 Å². The molecule has 32 heavy (non-hydrogen) atoms. The van der Waals surface area contributed by atoms with Crippen LogP contribution in [0.25, 0.3) is 10.6 Å². The summed E-state index contributed by atoms with van der Waals surface area (Å²) in [6.45, 7) is 0. The Balaban J connectivity index is 1.44. The predicted octanol–water partition coefficient (Wildman–Crippen LogP) is 5.12. The molecule has 0 spiro atoms. The van der Waals surface area contributed by atoms with Crippen molar-refractivity contribution in [2.75, 3.05) is 10.6 Å². The third-order valence-electron chi connectivity index (χ3n) is 4.19. The Labute approximate surface area is 195 Å². The fourth-order valence-electron chi connectivity index (χ4n) is 2.66. The number of amides is 2. The Morgan fingerprint density at radius 2 is 1.72 bits per heavy atom.